The molecule has 0 N–H and O–H groups in total. The first-order chi connectivity index (χ1) is 16.2. The van der Waals surface area contributed by atoms with Gasteiger partial charge in [-0.15, -0.1) is 0 Å². The molecule has 0 aliphatic carbocycles. The molecule has 0 spiro atoms. The average Bonchev–Trinajstić information content (AvgIpc) is 2.82. The van der Waals surface area contributed by atoms with E-state index >= 15 is 0 Å². The Kier molecular flexibility index (Phi) is 6.81. The highest BCUT2D eigenvalue weighted by Crippen LogP contribution is 2.42. The van der Waals surface area contributed by atoms with Crippen LogP contribution >= 0.6 is 12.6 Å². The Morgan fingerprint density at radius 1 is 1.06 bits per heavy atom. The van der Waals surface area contributed by atoms with E-state index in [0.717, 1.165) is 4.90 Å². The van der Waals surface area contributed by atoms with Gasteiger partial charge in [-0.05, 0) is 11.1 Å². The maximum atomic E-state index is 13.5. The molecule has 178 valence electrons. The SMILES string of the molecule is CC(=O)OCC1=C(C(=O)OC(c2ccccc2)c2ccccc2)N2C(=O)[C@@H](CS)[C@H]2S(=O)(=O)C1. The standard InChI is InChI=1S/C24H23NO7S2/c1-15(26)31-12-18-14-34(29,30)23-19(13-33)22(27)25(23)20(18)24(28)32-21(16-8-4-2-5-9-16)17-10-6-3-7-11-17/h2-11,19,21,23,33H,12-14H2,1H3/t19-,23-/m1/s1. The number of esters is 2. The van der Waals surface area contributed by atoms with Crippen LogP contribution in [0.1, 0.15) is 24.2 Å². The Morgan fingerprint density at radius 3 is 2.12 bits per heavy atom. The lowest BCUT2D eigenvalue weighted by Crippen LogP contribution is -2.67. The summed E-state index contributed by atoms with van der Waals surface area (Å²) in [7, 11) is -3.82. The van der Waals surface area contributed by atoms with Crippen LogP contribution < -0.4 is 0 Å². The molecule has 34 heavy (non-hydrogen) atoms. The van der Waals surface area contributed by atoms with Crippen LogP contribution in [-0.2, 0) is 33.7 Å². The molecule has 8 nitrogen and oxygen atoms in total. The fourth-order valence-corrected chi connectivity index (χ4v) is 6.81. The molecule has 2 aromatic rings. The number of thiol groups is 1. The first-order valence-electron chi connectivity index (χ1n) is 10.6. The highest BCUT2D eigenvalue weighted by molar-refractivity contribution is 7.92. The van der Waals surface area contributed by atoms with Gasteiger partial charge in [-0.1, -0.05) is 60.7 Å². The Balaban J connectivity index is 1.75. The third kappa shape index (κ3) is 4.47. The van der Waals surface area contributed by atoms with Crippen molar-refractivity contribution in [2.75, 3.05) is 18.1 Å². The van der Waals surface area contributed by atoms with Crippen molar-refractivity contribution >= 4 is 40.3 Å². The molecule has 0 radical (unpaired) electrons. The quantitative estimate of drug-likeness (QED) is 0.352. The monoisotopic (exact) mass is 501 g/mol. The molecule has 2 aliphatic rings. The Labute approximate surface area is 202 Å². The summed E-state index contributed by atoms with van der Waals surface area (Å²) < 4.78 is 36.7. The molecule has 1 fully saturated rings. The van der Waals surface area contributed by atoms with Gasteiger partial charge in [0.15, 0.2) is 21.3 Å². The number of benzene rings is 2. The molecule has 0 aromatic heterocycles. The van der Waals surface area contributed by atoms with Gasteiger partial charge in [-0.25, -0.2) is 13.2 Å². The molecule has 2 aromatic carbocycles. The number of sulfone groups is 1. The lowest BCUT2D eigenvalue weighted by atomic mass is 9.97. The first kappa shape index (κ1) is 24.0. The van der Waals surface area contributed by atoms with Crippen molar-refractivity contribution in [2.45, 2.75) is 18.4 Å². The predicted molar refractivity (Wildman–Crippen MR) is 126 cm³/mol. The van der Waals surface area contributed by atoms with E-state index in [-0.39, 0.29) is 17.0 Å². The summed E-state index contributed by atoms with van der Waals surface area (Å²) in [6, 6.07) is 18.1. The van der Waals surface area contributed by atoms with E-state index in [4.69, 9.17) is 9.47 Å². The second-order valence-corrected chi connectivity index (χ2v) is 10.5. The van der Waals surface area contributed by atoms with Crippen LogP contribution in [0.2, 0.25) is 0 Å². The van der Waals surface area contributed by atoms with Crippen molar-refractivity contribution in [1.29, 1.82) is 0 Å². The summed E-state index contributed by atoms with van der Waals surface area (Å²) in [5.41, 5.74) is 1.21. The number of rotatable bonds is 7. The zero-order valence-corrected chi connectivity index (χ0v) is 20.0. The van der Waals surface area contributed by atoms with Crippen LogP contribution in [0.25, 0.3) is 0 Å². The molecule has 0 saturated carbocycles. The first-order valence-corrected chi connectivity index (χ1v) is 12.9. The molecule has 2 aliphatic heterocycles. The second kappa shape index (κ2) is 9.63. The fourth-order valence-electron chi connectivity index (χ4n) is 4.20. The molecule has 2 atom stereocenters. The van der Waals surface area contributed by atoms with Crippen molar-refractivity contribution in [1.82, 2.24) is 4.90 Å². The van der Waals surface area contributed by atoms with E-state index in [1.165, 1.54) is 6.92 Å². The lowest BCUT2D eigenvalue weighted by molar-refractivity contribution is -0.156. The number of β-lactam (4-membered cyclic amide) rings is 1. The van der Waals surface area contributed by atoms with Crippen LogP contribution in [-0.4, -0.2) is 54.6 Å². The maximum Gasteiger partial charge on any atom is 0.356 e. The van der Waals surface area contributed by atoms with Crippen molar-refractivity contribution in [2.24, 2.45) is 5.92 Å². The van der Waals surface area contributed by atoms with Gasteiger partial charge in [0.1, 0.15) is 12.3 Å². The Morgan fingerprint density at radius 2 is 1.62 bits per heavy atom. The molecule has 2 heterocycles. The topological polar surface area (TPSA) is 107 Å². The maximum absolute atomic E-state index is 13.5. The fraction of sp³-hybridized carbons (Fsp3) is 0.292. The largest absolute Gasteiger partial charge is 0.461 e. The number of fused-ring (bicyclic) bond motifs is 1. The van der Waals surface area contributed by atoms with Gasteiger partial charge in [-0.3, -0.25) is 14.5 Å². The minimum atomic E-state index is -3.82. The van der Waals surface area contributed by atoms with Crippen LogP contribution in [0.4, 0.5) is 0 Å². The normalized spacial score (nSPS) is 21.0. The molecule has 0 unspecified atom stereocenters. The lowest BCUT2D eigenvalue weighted by Gasteiger charge is -2.49. The van der Waals surface area contributed by atoms with E-state index in [1.54, 1.807) is 24.3 Å². The van der Waals surface area contributed by atoms with Gasteiger partial charge >= 0.3 is 11.9 Å². The van der Waals surface area contributed by atoms with Crippen LogP contribution in [0.15, 0.2) is 71.9 Å². The van der Waals surface area contributed by atoms with Crippen molar-refractivity contribution in [3.05, 3.63) is 83.1 Å². The number of hydrogen-bond donors (Lipinski definition) is 1. The van der Waals surface area contributed by atoms with E-state index in [9.17, 15) is 22.8 Å². The number of carbonyl (C=O) groups is 3. The number of nitrogens with zero attached hydrogens (tertiary/aromatic N) is 1. The minimum Gasteiger partial charge on any atom is -0.461 e. The predicted octanol–water partition coefficient (Wildman–Crippen LogP) is 2.28. The highest BCUT2D eigenvalue weighted by atomic mass is 32.2. The summed E-state index contributed by atoms with van der Waals surface area (Å²) in [6.45, 7) is 0.730. The molecule has 10 heteroatoms. The number of hydrogen-bond acceptors (Lipinski definition) is 8. The zero-order chi connectivity index (χ0) is 24.5. The summed E-state index contributed by atoms with van der Waals surface area (Å²) in [6.07, 6.45) is -0.800. The van der Waals surface area contributed by atoms with E-state index in [0.29, 0.717) is 11.1 Å². The third-order valence-electron chi connectivity index (χ3n) is 5.74. The second-order valence-electron chi connectivity index (χ2n) is 8.03. The van der Waals surface area contributed by atoms with Gasteiger partial charge < -0.3 is 9.47 Å². The molecule has 1 amide bonds. The van der Waals surface area contributed by atoms with E-state index in [1.807, 2.05) is 36.4 Å². The third-order valence-corrected chi connectivity index (χ3v) is 8.16. The molecular formula is C24H23NO7S2. The van der Waals surface area contributed by atoms with Crippen LogP contribution in [0.3, 0.4) is 0 Å². The smallest absolute Gasteiger partial charge is 0.356 e. The van der Waals surface area contributed by atoms with Gasteiger partial charge in [-0.2, -0.15) is 12.6 Å². The molecular weight excluding hydrogens is 478 g/mol. The Bertz CT molecular complexity index is 1200. The van der Waals surface area contributed by atoms with Gasteiger partial charge in [0.05, 0.1) is 11.7 Å². The van der Waals surface area contributed by atoms with Crippen molar-refractivity contribution < 1.29 is 32.3 Å². The summed E-state index contributed by atoms with van der Waals surface area (Å²) in [5.74, 6) is -3.40. The summed E-state index contributed by atoms with van der Waals surface area (Å²) in [4.78, 5) is 38.7. The molecule has 1 saturated heterocycles. The van der Waals surface area contributed by atoms with Gasteiger partial charge in [0.2, 0.25) is 5.91 Å². The Hall–Kier alpha value is -3.11. The van der Waals surface area contributed by atoms with Gasteiger partial charge in [0, 0.05) is 18.2 Å². The summed E-state index contributed by atoms with van der Waals surface area (Å²) >= 11 is 4.11. The van der Waals surface area contributed by atoms with Crippen molar-refractivity contribution in [3.8, 4) is 0 Å². The number of amides is 1. The van der Waals surface area contributed by atoms with E-state index < -0.39 is 57.4 Å². The molecule has 0 bridgehead atoms. The minimum absolute atomic E-state index is 0.00212. The average molecular weight is 502 g/mol. The number of ether oxygens (including phenoxy) is 2. The zero-order valence-electron chi connectivity index (χ0n) is 18.3. The number of carbonyl (C=O) groups excluding carboxylic acids is 3. The highest BCUT2D eigenvalue weighted by Gasteiger charge is 2.59. The van der Waals surface area contributed by atoms with Gasteiger partial charge in [0.25, 0.3) is 0 Å². The van der Waals surface area contributed by atoms with E-state index in [2.05, 4.69) is 12.6 Å². The van der Waals surface area contributed by atoms with Crippen LogP contribution in [0, 0.1) is 5.92 Å². The molecule has 4 rings (SSSR count). The summed E-state index contributed by atoms with van der Waals surface area (Å²) in [5, 5.41) is -1.20. The van der Waals surface area contributed by atoms with Crippen molar-refractivity contribution in [3.63, 3.8) is 0 Å². The van der Waals surface area contributed by atoms with Crippen LogP contribution in [0.5, 0.6) is 0 Å².